The molecule has 0 aliphatic rings. The average molecular weight is 212 g/mol. The molecule has 0 radical (unpaired) electrons. The van der Waals surface area contributed by atoms with Crippen molar-refractivity contribution in [3.05, 3.63) is 0 Å². The SMILES string of the molecule is CCCC(C)(CCC)C(C)C(C)C(C)C. The Balaban J connectivity index is 4.59. The lowest BCUT2D eigenvalue weighted by molar-refractivity contribution is 0.0930. The highest BCUT2D eigenvalue weighted by Gasteiger charge is 2.33. The summed E-state index contributed by atoms with van der Waals surface area (Å²) < 4.78 is 0. The first-order valence-electron chi connectivity index (χ1n) is 6.89. The van der Waals surface area contributed by atoms with E-state index in [1.807, 2.05) is 0 Å². The van der Waals surface area contributed by atoms with E-state index in [9.17, 15) is 0 Å². The minimum atomic E-state index is 0.563. The highest BCUT2D eigenvalue weighted by molar-refractivity contribution is 4.83. The summed E-state index contributed by atoms with van der Waals surface area (Å²) in [6.45, 7) is 16.8. The molecule has 0 heteroatoms. The van der Waals surface area contributed by atoms with Crippen LogP contribution in [0.3, 0.4) is 0 Å². The van der Waals surface area contributed by atoms with E-state index in [-0.39, 0.29) is 0 Å². The van der Waals surface area contributed by atoms with Crippen LogP contribution in [0.1, 0.15) is 74.1 Å². The summed E-state index contributed by atoms with van der Waals surface area (Å²) in [6, 6.07) is 0. The Morgan fingerprint density at radius 2 is 1.27 bits per heavy atom. The summed E-state index contributed by atoms with van der Waals surface area (Å²) in [4.78, 5) is 0. The first kappa shape index (κ1) is 15.0. The third kappa shape index (κ3) is 4.17. The van der Waals surface area contributed by atoms with E-state index >= 15 is 0 Å². The number of rotatable bonds is 7. The molecule has 15 heavy (non-hydrogen) atoms. The summed E-state index contributed by atoms with van der Waals surface area (Å²) in [5, 5.41) is 0. The minimum Gasteiger partial charge on any atom is -0.0654 e. The van der Waals surface area contributed by atoms with Gasteiger partial charge in [-0.1, -0.05) is 61.3 Å². The molecule has 0 bridgehead atoms. The first-order chi connectivity index (χ1) is 6.89. The first-order valence-corrected chi connectivity index (χ1v) is 6.89. The van der Waals surface area contributed by atoms with Gasteiger partial charge in [-0.3, -0.25) is 0 Å². The van der Waals surface area contributed by atoms with Crippen LogP contribution < -0.4 is 0 Å². The van der Waals surface area contributed by atoms with Gasteiger partial charge in [-0.25, -0.2) is 0 Å². The average Bonchev–Trinajstić information content (AvgIpc) is 2.16. The Kier molecular flexibility index (Phi) is 6.55. The van der Waals surface area contributed by atoms with Gasteiger partial charge in [-0.2, -0.15) is 0 Å². The normalized spacial score (nSPS) is 16.8. The second kappa shape index (κ2) is 6.55. The number of hydrogen-bond acceptors (Lipinski definition) is 0. The van der Waals surface area contributed by atoms with Crippen molar-refractivity contribution >= 4 is 0 Å². The molecule has 0 amide bonds. The van der Waals surface area contributed by atoms with Gasteiger partial charge in [0.05, 0.1) is 0 Å². The van der Waals surface area contributed by atoms with Crippen molar-refractivity contribution in [2.24, 2.45) is 23.2 Å². The molecule has 2 atom stereocenters. The summed E-state index contributed by atoms with van der Waals surface area (Å²) in [7, 11) is 0. The van der Waals surface area contributed by atoms with E-state index in [0.717, 1.165) is 17.8 Å². The van der Waals surface area contributed by atoms with Crippen molar-refractivity contribution < 1.29 is 0 Å². The van der Waals surface area contributed by atoms with Crippen molar-refractivity contribution in [3.63, 3.8) is 0 Å². The molecule has 0 aromatic heterocycles. The quantitative estimate of drug-likeness (QED) is 0.521. The standard InChI is InChI=1S/C15H32/c1-8-10-15(7,11-9-2)14(6)13(5)12(3)4/h12-14H,8-11H2,1-7H3. The van der Waals surface area contributed by atoms with Crippen molar-refractivity contribution in [1.82, 2.24) is 0 Å². The van der Waals surface area contributed by atoms with Crippen molar-refractivity contribution in [1.29, 1.82) is 0 Å². The third-order valence-electron chi connectivity index (χ3n) is 4.58. The van der Waals surface area contributed by atoms with Gasteiger partial charge in [0.1, 0.15) is 0 Å². The van der Waals surface area contributed by atoms with E-state index in [1.54, 1.807) is 0 Å². The minimum absolute atomic E-state index is 0.563. The molecule has 92 valence electrons. The van der Waals surface area contributed by atoms with Crippen LogP contribution in [-0.2, 0) is 0 Å². The van der Waals surface area contributed by atoms with Crippen LogP contribution >= 0.6 is 0 Å². The fraction of sp³-hybridized carbons (Fsp3) is 1.00. The van der Waals surface area contributed by atoms with Gasteiger partial charge in [0, 0.05) is 0 Å². The fourth-order valence-corrected chi connectivity index (χ4v) is 2.93. The fourth-order valence-electron chi connectivity index (χ4n) is 2.93. The second-order valence-corrected chi connectivity index (χ2v) is 6.05. The number of hydrogen-bond donors (Lipinski definition) is 0. The second-order valence-electron chi connectivity index (χ2n) is 6.05. The molecule has 0 aromatic carbocycles. The maximum Gasteiger partial charge on any atom is -0.0298 e. The lowest BCUT2D eigenvalue weighted by Crippen LogP contribution is -2.32. The Labute approximate surface area is 97.8 Å². The predicted octanol–water partition coefficient (Wildman–Crippen LogP) is 5.52. The zero-order valence-corrected chi connectivity index (χ0v) is 12.1. The molecule has 0 rings (SSSR count). The molecular formula is C15H32. The maximum atomic E-state index is 2.50. The summed E-state index contributed by atoms with van der Waals surface area (Å²) in [5.74, 6) is 2.50. The zero-order chi connectivity index (χ0) is 12.1. The van der Waals surface area contributed by atoms with Crippen molar-refractivity contribution in [3.8, 4) is 0 Å². The molecule has 0 N–H and O–H groups in total. The van der Waals surface area contributed by atoms with Crippen LogP contribution in [-0.4, -0.2) is 0 Å². The van der Waals surface area contributed by atoms with E-state index in [0.29, 0.717) is 5.41 Å². The molecule has 2 unspecified atom stereocenters. The summed E-state index contributed by atoms with van der Waals surface area (Å²) in [6.07, 6.45) is 5.43. The van der Waals surface area contributed by atoms with Gasteiger partial charge >= 0.3 is 0 Å². The maximum absolute atomic E-state index is 2.50. The third-order valence-corrected chi connectivity index (χ3v) is 4.58. The van der Waals surface area contributed by atoms with Gasteiger partial charge in [0.2, 0.25) is 0 Å². The molecule has 0 aromatic rings. The highest BCUT2D eigenvalue weighted by atomic mass is 14.4. The van der Waals surface area contributed by atoms with Gasteiger partial charge in [0.15, 0.2) is 0 Å². The molecule has 0 spiro atoms. The van der Waals surface area contributed by atoms with Gasteiger partial charge in [-0.05, 0) is 36.0 Å². The molecule has 0 heterocycles. The molecular weight excluding hydrogens is 180 g/mol. The van der Waals surface area contributed by atoms with Gasteiger partial charge < -0.3 is 0 Å². The van der Waals surface area contributed by atoms with Crippen LogP contribution in [0.2, 0.25) is 0 Å². The van der Waals surface area contributed by atoms with Gasteiger partial charge in [-0.15, -0.1) is 0 Å². The van der Waals surface area contributed by atoms with Crippen LogP contribution in [0.15, 0.2) is 0 Å². The molecule has 0 aliphatic heterocycles. The van der Waals surface area contributed by atoms with E-state index in [2.05, 4.69) is 48.5 Å². The van der Waals surface area contributed by atoms with Crippen LogP contribution in [0.4, 0.5) is 0 Å². The molecule has 0 nitrogen and oxygen atoms in total. The van der Waals surface area contributed by atoms with E-state index in [1.165, 1.54) is 25.7 Å². The van der Waals surface area contributed by atoms with E-state index in [4.69, 9.17) is 0 Å². The Morgan fingerprint density at radius 1 is 0.867 bits per heavy atom. The zero-order valence-electron chi connectivity index (χ0n) is 12.1. The summed E-state index contributed by atoms with van der Waals surface area (Å²) in [5.41, 5.74) is 0.563. The van der Waals surface area contributed by atoms with Crippen LogP contribution in [0.5, 0.6) is 0 Å². The summed E-state index contributed by atoms with van der Waals surface area (Å²) >= 11 is 0. The van der Waals surface area contributed by atoms with Crippen molar-refractivity contribution in [2.45, 2.75) is 74.1 Å². The largest absolute Gasteiger partial charge is 0.0654 e. The molecule has 0 aliphatic carbocycles. The van der Waals surface area contributed by atoms with E-state index < -0.39 is 0 Å². The lowest BCUT2D eigenvalue weighted by atomic mass is 9.65. The lowest BCUT2D eigenvalue weighted by Gasteiger charge is -2.40. The predicted molar refractivity (Wildman–Crippen MR) is 71.1 cm³/mol. The molecule has 0 saturated carbocycles. The Hall–Kier alpha value is 0. The highest BCUT2D eigenvalue weighted by Crippen LogP contribution is 2.42. The monoisotopic (exact) mass is 212 g/mol. The smallest absolute Gasteiger partial charge is 0.0298 e. The Morgan fingerprint density at radius 3 is 1.53 bits per heavy atom. The van der Waals surface area contributed by atoms with Crippen molar-refractivity contribution in [2.75, 3.05) is 0 Å². The topological polar surface area (TPSA) is 0 Å². The van der Waals surface area contributed by atoms with Gasteiger partial charge in [0.25, 0.3) is 0 Å². The molecule has 0 fully saturated rings. The van der Waals surface area contributed by atoms with Crippen LogP contribution in [0.25, 0.3) is 0 Å². The van der Waals surface area contributed by atoms with Crippen LogP contribution in [0, 0.1) is 23.2 Å². The molecule has 0 saturated heterocycles. The Bertz CT molecular complexity index is 151.